The minimum atomic E-state index is -1.93. The summed E-state index contributed by atoms with van der Waals surface area (Å²) >= 11 is 0. The Bertz CT molecular complexity index is 1210. The van der Waals surface area contributed by atoms with E-state index >= 15 is 0 Å². The minimum Gasteiger partial charge on any atom is -0.298 e. The van der Waals surface area contributed by atoms with Crippen molar-refractivity contribution in [2.45, 2.75) is 53.4 Å². The third kappa shape index (κ3) is 4.41. The van der Waals surface area contributed by atoms with Crippen molar-refractivity contribution in [3.8, 4) is 11.3 Å². The van der Waals surface area contributed by atoms with Crippen LogP contribution in [0.1, 0.15) is 48.8 Å². The molecule has 0 spiro atoms. The molecule has 0 bridgehead atoms. The maximum Gasteiger partial charge on any atom is 0.232 e. The van der Waals surface area contributed by atoms with Gasteiger partial charge in [-0.25, -0.2) is 27.5 Å². The number of aromatic nitrogens is 2. The number of likely N-dealkylation sites (N-methyl/N-ethyl adjacent to an activating group) is 1. The fourth-order valence-corrected chi connectivity index (χ4v) is 4.00. The van der Waals surface area contributed by atoms with Gasteiger partial charge in [-0.2, -0.15) is 0 Å². The zero-order chi connectivity index (χ0) is 25.2. The van der Waals surface area contributed by atoms with E-state index in [1.165, 1.54) is 17.5 Å². The molecule has 8 heteroatoms. The molecule has 1 aromatic heterocycles. The number of anilines is 1. The molecule has 2 aromatic carbocycles. The van der Waals surface area contributed by atoms with Crippen LogP contribution in [0.3, 0.4) is 0 Å². The molecule has 0 saturated carbocycles. The molecule has 0 N–H and O–H groups in total. The van der Waals surface area contributed by atoms with Crippen molar-refractivity contribution in [1.82, 2.24) is 9.97 Å². The lowest BCUT2D eigenvalue weighted by molar-refractivity contribution is -0.117. The summed E-state index contributed by atoms with van der Waals surface area (Å²) in [4.78, 5) is 23.6. The van der Waals surface area contributed by atoms with Crippen LogP contribution in [-0.2, 0) is 30.5 Å². The fourth-order valence-electron chi connectivity index (χ4n) is 4.00. The van der Waals surface area contributed by atoms with E-state index in [0.29, 0.717) is 24.4 Å². The quantitative estimate of drug-likeness (QED) is 0.269. The van der Waals surface area contributed by atoms with Gasteiger partial charge in [0.25, 0.3) is 0 Å². The molecule has 0 aliphatic heterocycles. The number of halogens is 4. The molecule has 3 aromatic rings. The van der Waals surface area contributed by atoms with Crippen molar-refractivity contribution >= 4 is 11.7 Å². The SMILES string of the molecule is CC.CCc1nc2c(nc1N(C)C(=O)Cc1c(C)c(F)c(F)c(F)c1F)CCc1ccccc1-2. The smallest absolute Gasteiger partial charge is 0.232 e. The Balaban J connectivity index is 0.00000158. The first-order chi connectivity index (χ1) is 16.2. The number of carbonyl (C=O) groups is 1. The summed E-state index contributed by atoms with van der Waals surface area (Å²) in [5.41, 5.74) is 3.33. The zero-order valence-electron chi connectivity index (χ0n) is 19.9. The van der Waals surface area contributed by atoms with Crippen molar-refractivity contribution in [2.24, 2.45) is 0 Å². The molecule has 1 aliphatic rings. The number of aryl methyl sites for hydroxylation is 3. The van der Waals surface area contributed by atoms with Crippen molar-refractivity contribution in [2.75, 3.05) is 11.9 Å². The summed E-state index contributed by atoms with van der Waals surface area (Å²) in [7, 11) is 1.46. The van der Waals surface area contributed by atoms with Gasteiger partial charge in [0.2, 0.25) is 5.91 Å². The maximum atomic E-state index is 14.3. The van der Waals surface area contributed by atoms with E-state index in [9.17, 15) is 22.4 Å². The van der Waals surface area contributed by atoms with Gasteiger partial charge in [-0.1, -0.05) is 45.0 Å². The Hall–Kier alpha value is -3.29. The highest BCUT2D eigenvalue weighted by atomic mass is 19.2. The third-order valence-electron chi connectivity index (χ3n) is 5.90. The predicted octanol–water partition coefficient (Wildman–Crippen LogP) is 5.90. The van der Waals surface area contributed by atoms with E-state index in [1.54, 1.807) is 0 Å². The fraction of sp³-hybridized carbons (Fsp3) is 0.346. The van der Waals surface area contributed by atoms with Crippen LogP contribution in [0.15, 0.2) is 24.3 Å². The van der Waals surface area contributed by atoms with Gasteiger partial charge in [0, 0.05) is 18.2 Å². The predicted molar refractivity (Wildman–Crippen MR) is 124 cm³/mol. The summed E-state index contributed by atoms with van der Waals surface area (Å²) < 4.78 is 55.3. The van der Waals surface area contributed by atoms with Crippen molar-refractivity contribution < 1.29 is 22.4 Å². The third-order valence-corrected chi connectivity index (χ3v) is 5.90. The molecule has 1 aliphatic carbocycles. The lowest BCUT2D eigenvalue weighted by Gasteiger charge is -2.24. The molecule has 1 amide bonds. The first-order valence-corrected chi connectivity index (χ1v) is 11.3. The normalized spacial score (nSPS) is 11.8. The first kappa shape index (κ1) is 25.3. The Morgan fingerprint density at radius 2 is 1.62 bits per heavy atom. The minimum absolute atomic E-state index is 0.316. The van der Waals surface area contributed by atoms with Crippen LogP contribution in [0, 0.1) is 30.2 Å². The largest absolute Gasteiger partial charge is 0.298 e. The van der Waals surface area contributed by atoms with Gasteiger partial charge in [0.05, 0.1) is 23.5 Å². The number of carbonyl (C=O) groups excluding carboxylic acids is 1. The molecule has 0 fully saturated rings. The molecule has 180 valence electrons. The zero-order valence-corrected chi connectivity index (χ0v) is 19.9. The molecule has 0 unspecified atom stereocenters. The Morgan fingerprint density at radius 3 is 2.29 bits per heavy atom. The van der Waals surface area contributed by atoms with Crippen LogP contribution in [0.5, 0.6) is 0 Å². The van der Waals surface area contributed by atoms with E-state index in [0.717, 1.165) is 30.3 Å². The number of amides is 1. The average molecular weight is 474 g/mol. The molecular weight excluding hydrogens is 446 g/mol. The molecule has 0 atom stereocenters. The van der Waals surface area contributed by atoms with Crippen molar-refractivity contribution in [1.29, 1.82) is 0 Å². The van der Waals surface area contributed by atoms with Gasteiger partial charge in [-0.3, -0.25) is 9.69 Å². The van der Waals surface area contributed by atoms with Crippen molar-refractivity contribution in [3.63, 3.8) is 0 Å². The van der Waals surface area contributed by atoms with Gasteiger partial charge in [-0.05, 0) is 37.3 Å². The Labute approximate surface area is 196 Å². The van der Waals surface area contributed by atoms with Crippen LogP contribution in [0.2, 0.25) is 0 Å². The summed E-state index contributed by atoms with van der Waals surface area (Å²) in [5, 5.41) is 0. The molecule has 0 radical (unpaired) electrons. The summed E-state index contributed by atoms with van der Waals surface area (Å²) in [5.74, 6) is -7.21. The van der Waals surface area contributed by atoms with Crippen LogP contribution >= 0.6 is 0 Å². The van der Waals surface area contributed by atoms with Crippen LogP contribution in [0.25, 0.3) is 11.3 Å². The number of rotatable bonds is 4. The highest BCUT2D eigenvalue weighted by Gasteiger charge is 2.28. The Kier molecular flexibility index (Phi) is 7.69. The number of benzene rings is 2. The van der Waals surface area contributed by atoms with Crippen LogP contribution in [0.4, 0.5) is 23.4 Å². The van der Waals surface area contributed by atoms with Gasteiger partial charge >= 0.3 is 0 Å². The molecule has 4 nitrogen and oxygen atoms in total. The summed E-state index contributed by atoms with van der Waals surface area (Å²) in [6.45, 7) is 6.98. The van der Waals surface area contributed by atoms with E-state index in [-0.39, 0.29) is 0 Å². The molecule has 34 heavy (non-hydrogen) atoms. The summed E-state index contributed by atoms with van der Waals surface area (Å²) in [6, 6.07) is 7.94. The lowest BCUT2D eigenvalue weighted by Crippen LogP contribution is -2.31. The Morgan fingerprint density at radius 1 is 0.971 bits per heavy atom. The topological polar surface area (TPSA) is 46.1 Å². The molecule has 4 rings (SSSR count). The van der Waals surface area contributed by atoms with E-state index in [2.05, 4.69) is 4.98 Å². The van der Waals surface area contributed by atoms with E-state index in [4.69, 9.17) is 4.98 Å². The highest BCUT2D eigenvalue weighted by molar-refractivity contribution is 5.94. The van der Waals surface area contributed by atoms with Crippen LogP contribution < -0.4 is 4.90 Å². The van der Waals surface area contributed by atoms with Gasteiger partial charge in [-0.15, -0.1) is 0 Å². The van der Waals surface area contributed by atoms with E-state index < -0.39 is 46.7 Å². The first-order valence-electron chi connectivity index (χ1n) is 11.3. The lowest BCUT2D eigenvalue weighted by atomic mass is 9.91. The molecular formula is C26H27F4N3O. The molecule has 1 heterocycles. The second kappa shape index (κ2) is 10.3. The second-order valence-corrected chi connectivity index (χ2v) is 7.79. The monoisotopic (exact) mass is 473 g/mol. The maximum absolute atomic E-state index is 14.3. The van der Waals surface area contributed by atoms with Crippen molar-refractivity contribution in [3.05, 3.63) is 75.6 Å². The van der Waals surface area contributed by atoms with Gasteiger partial charge in [0.1, 0.15) is 0 Å². The number of fused-ring (bicyclic) bond motifs is 3. The van der Waals surface area contributed by atoms with Crippen LogP contribution in [-0.4, -0.2) is 22.9 Å². The molecule has 0 saturated heterocycles. The number of nitrogens with zero attached hydrogens (tertiary/aromatic N) is 3. The summed E-state index contributed by atoms with van der Waals surface area (Å²) in [6.07, 6.45) is 1.29. The highest BCUT2D eigenvalue weighted by Crippen LogP contribution is 2.33. The number of hydrogen-bond acceptors (Lipinski definition) is 3. The van der Waals surface area contributed by atoms with Gasteiger partial charge in [0.15, 0.2) is 29.1 Å². The second-order valence-electron chi connectivity index (χ2n) is 7.79. The standard InChI is InChI=1S/C24H21F4N3O.C2H6/c1-4-16-24(30-17-10-9-13-7-5-6-8-14(13)23(17)29-16)31(3)18(32)11-15-12(2)19(25)21(27)22(28)20(15)26;1-2/h5-8H,4,9-11H2,1-3H3;1-2H3. The number of hydrogen-bond donors (Lipinski definition) is 0. The average Bonchev–Trinajstić information content (AvgIpc) is 2.88. The van der Waals surface area contributed by atoms with E-state index in [1.807, 2.05) is 45.0 Å². The van der Waals surface area contributed by atoms with Gasteiger partial charge < -0.3 is 0 Å².